The molecular formula is C23H21Cl2N7S2. The molecule has 0 aliphatic carbocycles. The number of hydrogen-bond donors (Lipinski definition) is 4. The maximum atomic E-state index is 5.99. The number of hydrazone groups is 2. The summed E-state index contributed by atoms with van der Waals surface area (Å²) in [7, 11) is 0. The van der Waals surface area contributed by atoms with Gasteiger partial charge in [-0.05, 0) is 86.8 Å². The third kappa shape index (κ3) is 8.03. The van der Waals surface area contributed by atoms with Gasteiger partial charge in [0.25, 0.3) is 0 Å². The molecule has 2 aromatic carbocycles. The Kier molecular flexibility index (Phi) is 9.29. The van der Waals surface area contributed by atoms with Crippen molar-refractivity contribution >= 4 is 80.7 Å². The Morgan fingerprint density at radius 1 is 0.706 bits per heavy atom. The first kappa shape index (κ1) is 25.5. The minimum atomic E-state index is 0.334. The number of pyridine rings is 1. The standard InChI is InChI=1S/C23H21Cl2N7S2/c1-14(29-31-22(33)26-18-8-3-6-16(24)12-18)20-10-5-11-21(28-20)15(2)30-32-23(34)27-19-9-4-7-17(25)13-19/h3-13H,1-2H3,(H2,26,31,33)(H2,27,32,34)/b29-14-,30-15-. The van der Waals surface area contributed by atoms with Crippen LogP contribution < -0.4 is 21.5 Å². The number of benzene rings is 2. The Bertz CT molecular complexity index is 1170. The van der Waals surface area contributed by atoms with E-state index in [1.807, 2.05) is 56.3 Å². The third-order valence-corrected chi connectivity index (χ3v) is 5.16. The zero-order valence-electron chi connectivity index (χ0n) is 18.3. The van der Waals surface area contributed by atoms with Crippen LogP contribution in [0.1, 0.15) is 25.2 Å². The van der Waals surface area contributed by atoms with Gasteiger partial charge in [-0.3, -0.25) is 10.9 Å². The molecule has 3 aromatic rings. The van der Waals surface area contributed by atoms with Crippen LogP contribution in [0.3, 0.4) is 0 Å². The lowest BCUT2D eigenvalue weighted by Crippen LogP contribution is -2.25. The first-order chi connectivity index (χ1) is 16.3. The van der Waals surface area contributed by atoms with Crippen LogP contribution in [0.5, 0.6) is 0 Å². The maximum Gasteiger partial charge on any atom is 0.191 e. The van der Waals surface area contributed by atoms with E-state index in [1.165, 1.54) is 0 Å². The Morgan fingerprint density at radius 2 is 1.12 bits per heavy atom. The Balaban J connectivity index is 1.59. The van der Waals surface area contributed by atoms with Gasteiger partial charge in [-0.15, -0.1) is 0 Å². The van der Waals surface area contributed by atoms with Crippen molar-refractivity contribution in [2.24, 2.45) is 10.2 Å². The number of halogens is 2. The average molecular weight is 531 g/mol. The van der Waals surface area contributed by atoms with E-state index in [0.717, 1.165) is 11.4 Å². The second-order valence-electron chi connectivity index (χ2n) is 6.96. The number of aromatic nitrogens is 1. The summed E-state index contributed by atoms with van der Waals surface area (Å²) in [5, 5.41) is 16.6. The van der Waals surface area contributed by atoms with E-state index < -0.39 is 0 Å². The van der Waals surface area contributed by atoms with Gasteiger partial charge in [0.1, 0.15) is 0 Å². The molecule has 4 N–H and O–H groups in total. The van der Waals surface area contributed by atoms with Gasteiger partial charge in [0.15, 0.2) is 10.2 Å². The highest BCUT2D eigenvalue weighted by Gasteiger charge is 2.06. The van der Waals surface area contributed by atoms with Gasteiger partial charge in [-0.1, -0.05) is 41.4 Å². The fourth-order valence-electron chi connectivity index (χ4n) is 2.67. The molecule has 0 spiro atoms. The minimum absolute atomic E-state index is 0.334. The highest BCUT2D eigenvalue weighted by Crippen LogP contribution is 2.15. The van der Waals surface area contributed by atoms with E-state index in [1.54, 1.807) is 24.3 Å². The third-order valence-electron chi connectivity index (χ3n) is 4.31. The highest BCUT2D eigenvalue weighted by atomic mass is 35.5. The molecule has 0 saturated carbocycles. The van der Waals surface area contributed by atoms with Crippen LogP contribution in [-0.2, 0) is 0 Å². The van der Waals surface area contributed by atoms with Crippen LogP contribution in [0.2, 0.25) is 10.0 Å². The van der Waals surface area contributed by atoms with Crippen LogP contribution in [0.4, 0.5) is 11.4 Å². The zero-order valence-corrected chi connectivity index (χ0v) is 21.4. The molecule has 0 amide bonds. The van der Waals surface area contributed by atoms with Crippen LogP contribution in [0, 0.1) is 0 Å². The molecule has 0 unspecified atom stereocenters. The van der Waals surface area contributed by atoms with Crippen molar-refractivity contribution in [3.8, 4) is 0 Å². The van der Waals surface area contributed by atoms with E-state index in [0.29, 0.717) is 43.1 Å². The Hall–Kier alpha value is -3.11. The summed E-state index contributed by atoms with van der Waals surface area (Å²) in [6, 6.07) is 20.1. The highest BCUT2D eigenvalue weighted by molar-refractivity contribution is 7.80. The van der Waals surface area contributed by atoms with Gasteiger partial charge in [-0.25, -0.2) is 4.98 Å². The first-order valence-electron chi connectivity index (χ1n) is 10.0. The summed E-state index contributed by atoms with van der Waals surface area (Å²) in [5.41, 5.74) is 9.79. The van der Waals surface area contributed by atoms with Gasteiger partial charge < -0.3 is 10.6 Å². The number of nitrogens with one attached hydrogen (secondary N) is 4. The summed E-state index contributed by atoms with van der Waals surface area (Å²) >= 11 is 22.5. The number of anilines is 2. The number of thiocarbonyl (C=S) groups is 2. The quantitative estimate of drug-likeness (QED) is 0.182. The first-order valence-corrected chi connectivity index (χ1v) is 11.6. The van der Waals surface area contributed by atoms with E-state index in [-0.39, 0.29) is 0 Å². The van der Waals surface area contributed by atoms with E-state index in [9.17, 15) is 0 Å². The van der Waals surface area contributed by atoms with Gasteiger partial charge in [0, 0.05) is 21.4 Å². The minimum Gasteiger partial charge on any atom is -0.331 e. The summed E-state index contributed by atoms with van der Waals surface area (Å²) in [5.74, 6) is 0. The normalized spacial score (nSPS) is 11.5. The molecule has 0 fully saturated rings. The van der Waals surface area contributed by atoms with Crippen LogP contribution in [0.25, 0.3) is 0 Å². The van der Waals surface area contributed by atoms with Crippen molar-refractivity contribution in [2.45, 2.75) is 13.8 Å². The average Bonchev–Trinajstić information content (AvgIpc) is 2.81. The summed E-state index contributed by atoms with van der Waals surface area (Å²) in [4.78, 5) is 4.62. The molecule has 1 heterocycles. The fourth-order valence-corrected chi connectivity index (χ4v) is 3.38. The molecule has 7 nitrogen and oxygen atoms in total. The van der Waals surface area contributed by atoms with Crippen molar-refractivity contribution in [3.05, 3.63) is 88.2 Å². The number of hydrogen-bond acceptors (Lipinski definition) is 5. The summed E-state index contributed by atoms with van der Waals surface area (Å²) in [6.45, 7) is 3.66. The summed E-state index contributed by atoms with van der Waals surface area (Å²) < 4.78 is 0. The molecule has 0 radical (unpaired) electrons. The van der Waals surface area contributed by atoms with Gasteiger partial charge >= 0.3 is 0 Å². The molecule has 3 rings (SSSR count). The predicted molar refractivity (Wildman–Crippen MR) is 150 cm³/mol. The van der Waals surface area contributed by atoms with E-state index in [4.69, 9.17) is 47.6 Å². The Morgan fingerprint density at radius 3 is 1.53 bits per heavy atom. The smallest absolute Gasteiger partial charge is 0.191 e. The maximum absolute atomic E-state index is 5.99. The lowest BCUT2D eigenvalue weighted by molar-refractivity contribution is 1.02. The number of nitrogens with zero attached hydrogens (tertiary/aromatic N) is 3. The molecular weight excluding hydrogens is 509 g/mol. The lowest BCUT2D eigenvalue weighted by Gasteiger charge is -2.09. The summed E-state index contributed by atoms with van der Waals surface area (Å²) in [6.07, 6.45) is 0. The van der Waals surface area contributed by atoms with Crippen molar-refractivity contribution < 1.29 is 0 Å². The van der Waals surface area contributed by atoms with E-state index >= 15 is 0 Å². The molecule has 0 saturated heterocycles. The van der Waals surface area contributed by atoms with E-state index in [2.05, 4.69) is 36.7 Å². The SMILES string of the molecule is C/C(=N/NC(=S)Nc1cccc(Cl)c1)c1cccc(/C(C)=N\NC(=S)Nc2cccc(Cl)c2)n1. The second-order valence-corrected chi connectivity index (χ2v) is 8.64. The zero-order chi connectivity index (χ0) is 24.5. The topological polar surface area (TPSA) is 85.7 Å². The molecule has 34 heavy (non-hydrogen) atoms. The predicted octanol–water partition coefficient (Wildman–Crippen LogP) is 5.81. The van der Waals surface area contributed by atoms with Crippen LogP contribution in [0.15, 0.2) is 76.9 Å². The van der Waals surface area contributed by atoms with Crippen LogP contribution >= 0.6 is 47.6 Å². The van der Waals surface area contributed by atoms with Gasteiger partial charge in [0.2, 0.25) is 0 Å². The van der Waals surface area contributed by atoms with Gasteiger partial charge in [0.05, 0.1) is 22.8 Å². The molecule has 0 bridgehead atoms. The molecule has 174 valence electrons. The molecule has 1 aromatic heterocycles. The van der Waals surface area contributed by atoms with Crippen molar-refractivity contribution in [1.29, 1.82) is 0 Å². The molecule has 0 aliphatic rings. The van der Waals surface area contributed by atoms with Crippen molar-refractivity contribution in [2.75, 3.05) is 10.6 Å². The monoisotopic (exact) mass is 529 g/mol. The lowest BCUT2D eigenvalue weighted by atomic mass is 10.2. The number of rotatable bonds is 6. The second kappa shape index (κ2) is 12.4. The molecule has 0 aliphatic heterocycles. The van der Waals surface area contributed by atoms with Crippen molar-refractivity contribution in [1.82, 2.24) is 15.8 Å². The van der Waals surface area contributed by atoms with Gasteiger partial charge in [-0.2, -0.15) is 10.2 Å². The largest absolute Gasteiger partial charge is 0.331 e. The molecule has 0 atom stereocenters. The van der Waals surface area contributed by atoms with Crippen molar-refractivity contribution in [3.63, 3.8) is 0 Å². The fraction of sp³-hybridized carbons (Fsp3) is 0.0870. The van der Waals surface area contributed by atoms with Crippen LogP contribution in [-0.4, -0.2) is 26.6 Å². The molecule has 11 heteroatoms. The Labute approximate surface area is 218 Å².